The van der Waals surface area contributed by atoms with E-state index in [0.717, 1.165) is 12.8 Å². The predicted molar refractivity (Wildman–Crippen MR) is 46.9 cm³/mol. The van der Waals surface area contributed by atoms with Crippen LogP contribution in [0.3, 0.4) is 0 Å². The summed E-state index contributed by atoms with van der Waals surface area (Å²) in [6.45, 7) is 0.747. The highest BCUT2D eigenvalue weighted by Gasteiger charge is 2.39. The van der Waals surface area contributed by atoms with Crippen LogP contribution in [0.15, 0.2) is 12.2 Å². The van der Waals surface area contributed by atoms with Crippen molar-refractivity contribution in [3.8, 4) is 0 Å². The van der Waals surface area contributed by atoms with Crippen molar-refractivity contribution in [3.05, 3.63) is 12.2 Å². The second-order valence-corrected chi connectivity index (χ2v) is 3.71. The van der Waals surface area contributed by atoms with Crippen LogP contribution in [0, 0.1) is 17.8 Å². The van der Waals surface area contributed by atoms with Crippen molar-refractivity contribution in [2.24, 2.45) is 17.8 Å². The molecule has 1 N–H and O–H groups in total. The van der Waals surface area contributed by atoms with Crippen molar-refractivity contribution in [1.82, 2.24) is 0 Å². The van der Waals surface area contributed by atoms with Gasteiger partial charge in [0.1, 0.15) is 0 Å². The highest BCUT2D eigenvalue weighted by molar-refractivity contribution is 5.76. The zero-order valence-electron chi connectivity index (χ0n) is 7.48. The number of ether oxygens (including phenoxy) is 1. The quantitative estimate of drug-likeness (QED) is 0.506. The molecule has 0 amide bonds. The third-order valence-electron chi connectivity index (χ3n) is 3.01. The van der Waals surface area contributed by atoms with Gasteiger partial charge in [0.2, 0.25) is 0 Å². The number of allylic oxidation sites excluding steroid dienone is 1. The van der Waals surface area contributed by atoms with E-state index in [1.165, 1.54) is 0 Å². The lowest BCUT2D eigenvalue weighted by molar-refractivity contribution is -0.154. The number of carbonyl (C=O) groups excluding carboxylic acids is 1. The normalized spacial score (nSPS) is 37.3. The Morgan fingerprint density at radius 3 is 3.15 bits per heavy atom. The summed E-state index contributed by atoms with van der Waals surface area (Å²) in [4.78, 5) is 11.3. The summed E-state index contributed by atoms with van der Waals surface area (Å²) in [5, 5.41) is 8.83. The summed E-state index contributed by atoms with van der Waals surface area (Å²) < 4.78 is 4.97. The molecule has 0 aromatic carbocycles. The number of hydrogen-bond acceptors (Lipinski definition) is 3. The third kappa shape index (κ3) is 1.48. The molecule has 0 spiro atoms. The Morgan fingerprint density at radius 2 is 2.38 bits per heavy atom. The third-order valence-corrected chi connectivity index (χ3v) is 3.01. The number of hydrogen-bond donors (Lipinski definition) is 1. The standard InChI is InChI=1S/C10H14O3/c11-5-3-7-1-2-9-8(7)4-6-13-10(9)12/h1-2,7-9,11H,3-6H2/t7-,8-,9?/m1/s1. The van der Waals surface area contributed by atoms with Crippen LogP contribution in [0.4, 0.5) is 0 Å². The van der Waals surface area contributed by atoms with Crippen LogP contribution in [0.25, 0.3) is 0 Å². The fraction of sp³-hybridized carbons (Fsp3) is 0.700. The number of fused-ring (bicyclic) bond motifs is 1. The van der Waals surface area contributed by atoms with Crippen LogP contribution in [0.5, 0.6) is 0 Å². The molecule has 0 bridgehead atoms. The van der Waals surface area contributed by atoms with E-state index in [-0.39, 0.29) is 18.5 Å². The minimum Gasteiger partial charge on any atom is -0.465 e. The number of cyclic esters (lactones) is 1. The Kier molecular flexibility index (Phi) is 2.36. The van der Waals surface area contributed by atoms with E-state index in [1.54, 1.807) is 0 Å². The Hall–Kier alpha value is -0.830. The summed E-state index contributed by atoms with van der Waals surface area (Å²) in [6, 6.07) is 0. The Bertz CT molecular complexity index is 234. The van der Waals surface area contributed by atoms with Crippen LogP contribution in [-0.2, 0) is 9.53 Å². The molecular formula is C10H14O3. The van der Waals surface area contributed by atoms with E-state index < -0.39 is 0 Å². The van der Waals surface area contributed by atoms with Crippen LogP contribution in [-0.4, -0.2) is 24.3 Å². The van der Waals surface area contributed by atoms with Gasteiger partial charge in [0, 0.05) is 6.61 Å². The van der Waals surface area contributed by atoms with Crippen molar-refractivity contribution in [1.29, 1.82) is 0 Å². The van der Waals surface area contributed by atoms with Gasteiger partial charge in [-0.1, -0.05) is 12.2 Å². The number of esters is 1. The van der Waals surface area contributed by atoms with E-state index in [9.17, 15) is 4.79 Å². The molecule has 1 aliphatic carbocycles. The van der Waals surface area contributed by atoms with Crippen LogP contribution in [0.2, 0.25) is 0 Å². The molecule has 1 fully saturated rings. The van der Waals surface area contributed by atoms with E-state index in [0.29, 0.717) is 18.4 Å². The van der Waals surface area contributed by atoms with Crippen molar-refractivity contribution in [2.45, 2.75) is 12.8 Å². The fourth-order valence-corrected chi connectivity index (χ4v) is 2.31. The Labute approximate surface area is 77.4 Å². The van der Waals surface area contributed by atoms with Gasteiger partial charge in [0.25, 0.3) is 0 Å². The van der Waals surface area contributed by atoms with Gasteiger partial charge in [-0.2, -0.15) is 0 Å². The first-order valence-corrected chi connectivity index (χ1v) is 4.78. The van der Waals surface area contributed by atoms with Crippen molar-refractivity contribution >= 4 is 5.97 Å². The lowest BCUT2D eigenvalue weighted by atomic mass is 9.83. The molecule has 1 aliphatic heterocycles. The van der Waals surface area contributed by atoms with E-state index >= 15 is 0 Å². The second kappa shape index (κ2) is 3.50. The van der Waals surface area contributed by atoms with Crippen LogP contribution < -0.4 is 0 Å². The summed E-state index contributed by atoms with van der Waals surface area (Å²) in [7, 11) is 0. The molecule has 1 unspecified atom stereocenters. The smallest absolute Gasteiger partial charge is 0.313 e. The van der Waals surface area contributed by atoms with Crippen molar-refractivity contribution in [3.63, 3.8) is 0 Å². The highest BCUT2D eigenvalue weighted by atomic mass is 16.5. The molecule has 1 saturated heterocycles. The molecule has 2 aliphatic rings. The number of aliphatic hydroxyl groups is 1. The molecule has 72 valence electrons. The summed E-state index contributed by atoms with van der Waals surface area (Å²) in [6.07, 6.45) is 5.70. The molecule has 1 heterocycles. The van der Waals surface area contributed by atoms with Gasteiger partial charge in [-0.15, -0.1) is 0 Å². The Morgan fingerprint density at radius 1 is 1.54 bits per heavy atom. The average Bonchev–Trinajstić information content (AvgIpc) is 2.51. The molecule has 0 radical (unpaired) electrons. The highest BCUT2D eigenvalue weighted by Crippen LogP contribution is 2.38. The van der Waals surface area contributed by atoms with E-state index in [4.69, 9.17) is 9.84 Å². The largest absolute Gasteiger partial charge is 0.465 e. The molecule has 0 saturated carbocycles. The van der Waals surface area contributed by atoms with Crippen molar-refractivity contribution in [2.75, 3.05) is 13.2 Å². The maximum absolute atomic E-state index is 11.3. The predicted octanol–water partition coefficient (Wildman–Crippen LogP) is 0.734. The first-order chi connectivity index (χ1) is 6.33. The van der Waals surface area contributed by atoms with Gasteiger partial charge in [0.15, 0.2) is 0 Å². The maximum atomic E-state index is 11.3. The molecular weight excluding hydrogens is 168 g/mol. The zero-order chi connectivity index (χ0) is 9.26. The Balaban J connectivity index is 2.06. The molecule has 3 nitrogen and oxygen atoms in total. The van der Waals surface area contributed by atoms with Gasteiger partial charge < -0.3 is 9.84 Å². The number of aliphatic hydroxyl groups excluding tert-OH is 1. The van der Waals surface area contributed by atoms with Gasteiger partial charge in [0.05, 0.1) is 12.5 Å². The van der Waals surface area contributed by atoms with Crippen LogP contribution in [0.1, 0.15) is 12.8 Å². The molecule has 0 aromatic heterocycles. The first kappa shape index (κ1) is 8.75. The molecule has 13 heavy (non-hydrogen) atoms. The zero-order valence-corrected chi connectivity index (χ0v) is 7.48. The fourth-order valence-electron chi connectivity index (χ4n) is 2.31. The van der Waals surface area contributed by atoms with Gasteiger partial charge in [-0.05, 0) is 24.7 Å². The SMILES string of the molecule is O=C1OCC[C@H]2C1C=C[C@@H]2CCO. The van der Waals surface area contributed by atoms with E-state index in [1.807, 2.05) is 6.08 Å². The lowest BCUT2D eigenvalue weighted by Gasteiger charge is -2.28. The molecule has 0 aromatic rings. The minimum atomic E-state index is -0.0899. The first-order valence-electron chi connectivity index (χ1n) is 4.78. The molecule has 3 atom stereocenters. The van der Waals surface area contributed by atoms with Gasteiger partial charge in [-0.3, -0.25) is 4.79 Å². The van der Waals surface area contributed by atoms with E-state index in [2.05, 4.69) is 6.08 Å². The summed E-state index contributed by atoms with van der Waals surface area (Å²) in [5.74, 6) is 0.634. The van der Waals surface area contributed by atoms with Crippen molar-refractivity contribution < 1.29 is 14.6 Å². The lowest BCUT2D eigenvalue weighted by Crippen LogP contribution is -2.32. The monoisotopic (exact) mass is 182 g/mol. The topological polar surface area (TPSA) is 46.5 Å². The number of rotatable bonds is 2. The average molecular weight is 182 g/mol. The maximum Gasteiger partial charge on any atom is 0.313 e. The second-order valence-electron chi connectivity index (χ2n) is 3.71. The van der Waals surface area contributed by atoms with Crippen LogP contribution >= 0.6 is 0 Å². The number of carbonyl (C=O) groups is 1. The molecule has 3 heteroatoms. The van der Waals surface area contributed by atoms with Gasteiger partial charge in [-0.25, -0.2) is 0 Å². The summed E-state index contributed by atoms with van der Waals surface area (Å²) in [5.41, 5.74) is 0. The summed E-state index contributed by atoms with van der Waals surface area (Å²) >= 11 is 0. The minimum absolute atomic E-state index is 0.0368. The van der Waals surface area contributed by atoms with Gasteiger partial charge >= 0.3 is 5.97 Å². The molecule has 2 rings (SSSR count).